The van der Waals surface area contributed by atoms with E-state index in [0.29, 0.717) is 21.8 Å². The SMILES string of the molecule is C=C1c2cc(Cl)ccc2N(C(=O)OC(C)(C)C)C1C(=O)OC. The van der Waals surface area contributed by atoms with Crippen molar-refractivity contribution in [1.29, 1.82) is 0 Å². The Morgan fingerprint density at radius 1 is 1.32 bits per heavy atom. The quantitative estimate of drug-likeness (QED) is 0.740. The maximum absolute atomic E-state index is 12.5. The number of hydrogen-bond donors (Lipinski definition) is 0. The van der Waals surface area contributed by atoms with Gasteiger partial charge in [-0.15, -0.1) is 0 Å². The van der Waals surface area contributed by atoms with Crippen molar-refractivity contribution >= 4 is 34.9 Å². The Labute approximate surface area is 134 Å². The van der Waals surface area contributed by atoms with E-state index in [0.717, 1.165) is 0 Å². The molecule has 118 valence electrons. The van der Waals surface area contributed by atoms with E-state index < -0.39 is 23.7 Å². The first-order valence-electron chi connectivity index (χ1n) is 6.74. The van der Waals surface area contributed by atoms with Gasteiger partial charge in [0.25, 0.3) is 0 Å². The molecule has 0 radical (unpaired) electrons. The summed E-state index contributed by atoms with van der Waals surface area (Å²) >= 11 is 5.99. The van der Waals surface area contributed by atoms with Crippen LogP contribution < -0.4 is 4.90 Å². The molecule has 0 N–H and O–H groups in total. The summed E-state index contributed by atoms with van der Waals surface area (Å²) in [6.07, 6.45) is -0.634. The molecule has 0 spiro atoms. The van der Waals surface area contributed by atoms with Gasteiger partial charge in [-0.1, -0.05) is 18.2 Å². The first-order valence-corrected chi connectivity index (χ1v) is 7.12. The minimum atomic E-state index is -0.951. The molecule has 1 aliphatic heterocycles. The Kier molecular flexibility index (Phi) is 4.20. The molecular weight excluding hydrogens is 306 g/mol. The minimum absolute atomic E-state index is 0.454. The van der Waals surface area contributed by atoms with Gasteiger partial charge in [-0.25, -0.2) is 9.59 Å². The third-order valence-corrected chi connectivity index (χ3v) is 3.40. The largest absolute Gasteiger partial charge is 0.467 e. The van der Waals surface area contributed by atoms with Gasteiger partial charge in [0.2, 0.25) is 0 Å². The zero-order chi connectivity index (χ0) is 16.7. The van der Waals surface area contributed by atoms with Crippen molar-refractivity contribution in [2.45, 2.75) is 32.4 Å². The van der Waals surface area contributed by atoms with E-state index in [1.807, 2.05) is 0 Å². The fraction of sp³-hybridized carbons (Fsp3) is 0.375. The van der Waals surface area contributed by atoms with Crippen LogP contribution in [0.2, 0.25) is 5.02 Å². The van der Waals surface area contributed by atoms with E-state index in [9.17, 15) is 9.59 Å². The van der Waals surface area contributed by atoms with Gasteiger partial charge < -0.3 is 9.47 Å². The molecule has 1 aromatic carbocycles. The monoisotopic (exact) mass is 323 g/mol. The molecule has 0 fully saturated rings. The molecule has 1 amide bonds. The van der Waals surface area contributed by atoms with Crippen molar-refractivity contribution in [3.63, 3.8) is 0 Å². The Morgan fingerprint density at radius 2 is 1.95 bits per heavy atom. The molecule has 1 atom stereocenters. The second kappa shape index (κ2) is 5.65. The predicted molar refractivity (Wildman–Crippen MR) is 85.0 cm³/mol. The number of anilines is 1. The number of methoxy groups -OCH3 is 1. The molecular formula is C16H18ClNO4. The lowest BCUT2D eigenvalue weighted by Gasteiger charge is -2.28. The first kappa shape index (κ1) is 16.4. The average Bonchev–Trinajstić information content (AvgIpc) is 2.69. The van der Waals surface area contributed by atoms with Gasteiger partial charge in [0.05, 0.1) is 12.8 Å². The van der Waals surface area contributed by atoms with Gasteiger partial charge in [0, 0.05) is 10.6 Å². The molecule has 1 heterocycles. The number of fused-ring (bicyclic) bond motifs is 1. The van der Waals surface area contributed by atoms with Crippen LogP contribution in [0.15, 0.2) is 24.8 Å². The summed E-state index contributed by atoms with van der Waals surface area (Å²) in [5.74, 6) is -0.580. The molecule has 1 unspecified atom stereocenters. The molecule has 0 aromatic heterocycles. The van der Waals surface area contributed by atoms with Crippen LogP contribution in [0.25, 0.3) is 5.57 Å². The van der Waals surface area contributed by atoms with E-state index in [1.165, 1.54) is 12.0 Å². The van der Waals surface area contributed by atoms with E-state index >= 15 is 0 Å². The molecule has 0 bridgehead atoms. The van der Waals surface area contributed by atoms with E-state index in [2.05, 4.69) is 6.58 Å². The maximum Gasteiger partial charge on any atom is 0.415 e. The summed E-state index contributed by atoms with van der Waals surface area (Å²) in [6.45, 7) is 9.17. The number of ether oxygens (including phenoxy) is 2. The second-order valence-corrected chi connectivity index (χ2v) is 6.40. The highest BCUT2D eigenvalue weighted by molar-refractivity contribution is 6.31. The second-order valence-electron chi connectivity index (χ2n) is 5.96. The summed E-state index contributed by atoms with van der Waals surface area (Å²) in [5.41, 5.74) is 0.928. The van der Waals surface area contributed by atoms with Crippen molar-refractivity contribution in [3.8, 4) is 0 Å². The van der Waals surface area contributed by atoms with Crippen LogP contribution in [0.4, 0.5) is 10.5 Å². The van der Waals surface area contributed by atoms with Gasteiger partial charge in [-0.3, -0.25) is 4.90 Å². The summed E-state index contributed by atoms with van der Waals surface area (Å²) < 4.78 is 10.2. The van der Waals surface area contributed by atoms with Crippen molar-refractivity contribution < 1.29 is 19.1 Å². The van der Waals surface area contributed by atoms with Gasteiger partial charge in [-0.2, -0.15) is 0 Å². The smallest absolute Gasteiger partial charge is 0.415 e. The van der Waals surface area contributed by atoms with E-state index in [4.69, 9.17) is 21.1 Å². The van der Waals surface area contributed by atoms with Crippen molar-refractivity contribution in [2.75, 3.05) is 12.0 Å². The number of esters is 1. The summed E-state index contributed by atoms with van der Waals surface area (Å²) in [7, 11) is 1.26. The van der Waals surface area contributed by atoms with Crippen molar-refractivity contribution in [2.24, 2.45) is 0 Å². The lowest BCUT2D eigenvalue weighted by Crippen LogP contribution is -2.45. The Hall–Kier alpha value is -2.01. The van der Waals surface area contributed by atoms with E-state index in [-0.39, 0.29) is 0 Å². The van der Waals surface area contributed by atoms with Gasteiger partial charge in [-0.05, 0) is 44.5 Å². The normalized spacial score (nSPS) is 17.2. The molecule has 2 rings (SSSR count). The predicted octanol–water partition coefficient (Wildman–Crippen LogP) is 3.65. The highest BCUT2D eigenvalue weighted by Gasteiger charge is 2.43. The molecule has 0 saturated heterocycles. The van der Waals surface area contributed by atoms with Crippen LogP contribution in [-0.4, -0.2) is 30.8 Å². The number of amides is 1. The van der Waals surface area contributed by atoms with Gasteiger partial charge in [0.1, 0.15) is 5.60 Å². The topological polar surface area (TPSA) is 55.8 Å². The number of rotatable bonds is 1. The van der Waals surface area contributed by atoms with Crippen LogP contribution in [0.1, 0.15) is 26.3 Å². The zero-order valence-corrected chi connectivity index (χ0v) is 13.7. The summed E-state index contributed by atoms with van der Waals surface area (Å²) in [4.78, 5) is 25.9. The third kappa shape index (κ3) is 2.95. The van der Waals surface area contributed by atoms with Crippen LogP contribution >= 0.6 is 11.6 Å². The molecule has 22 heavy (non-hydrogen) atoms. The van der Waals surface area contributed by atoms with Crippen LogP contribution in [0, 0.1) is 0 Å². The van der Waals surface area contributed by atoms with Gasteiger partial charge >= 0.3 is 12.1 Å². The number of halogens is 1. The molecule has 6 heteroatoms. The number of benzene rings is 1. The fourth-order valence-electron chi connectivity index (χ4n) is 2.29. The maximum atomic E-state index is 12.5. The Balaban J connectivity index is 2.50. The fourth-order valence-corrected chi connectivity index (χ4v) is 2.46. The average molecular weight is 324 g/mol. The van der Waals surface area contributed by atoms with Crippen molar-refractivity contribution in [3.05, 3.63) is 35.4 Å². The summed E-state index contributed by atoms with van der Waals surface area (Å²) in [6, 6.07) is 4.02. The Bertz CT molecular complexity index is 648. The van der Waals surface area contributed by atoms with Crippen LogP contribution in [0.5, 0.6) is 0 Å². The minimum Gasteiger partial charge on any atom is -0.467 e. The first-order chi connectivity index (χ1) is 10.2. The van der Waals surface area contributed by atoms with Crippen molar-refractivity contribution in [1.82, 2.24) is 0 Å². The van der Waals surface area contributed by atoms with Crippen LogP contribution in [-0.2, 0) is 14.3 Å². The molecule has 5 nitrogen and oxygen atoms in total. The lowest BCUT2D eigenvalue weighted by molar-refractivity contribution is -0.140. The summed E-state index contributed by atoms with van der Waals surface area (Å²) in [5, 5.41) is 0.495. The Morgan fingerprint density at radius 3 is 2.50 bits per heavy atom. The standard InChI is InChI=1S/C16H18ClNO4/c1-9-11-8-10(17)6-7-12(11)18(13(9)14(19)21-5)15(20)22-16(2,3)4/h6-8,13H,1H2,2-5H3. The number of nitrogens with zero attached hydrogens (tertiary/aromatic N) is 1. The van der Waals surface area contributed by atoms with Crippen LogP contribution in [0.3, 0.4) is 0 Å². The highest BCUT2D eigenvalue weighted by atomic mass is 35.5. The number of carbonyl (C=O) groups is 2. The zero-order valence-electron chi connectivity index (χ0n) is 13.0. The third-order valence-electron chi connectivity index (χ3n) is 3.17. The molecule has 1 aliphatic rings. The molecule has 1 aromatic rings. The molecule has 0 aliphatic carbocycles. The molecule has 0 saturated carbocycles. The lowest BCUT2D eigenvalue weighted by atomic mass is 10.0. The number of hydrogen-bond acceptors (Lipinski definition) is 4. The number of carbonyl (C=O) groups excluding carboxylic acids is 2. The van der Waals surface area contributed by atoms with E-state index in [1.54, 1.807) is 39.0 Å². The highest BCUT2D eigenvalue weighted by Crippen LogP contribution is 2.42. The van der Waals surface area contributed by atoms with Gasteiger partial charge in [0.15, 0.2) is 6.04 Å².